The van der Waals surface area contributed by atoms with E-state index in [-0.39, 0.29) is 17.7 Å². The van der Waals surface area contributed by atoms with Gasteiger partial charge in [-0.1, -0.05) is 36.4 Å². The molecular formula is C21H21N3O2S. The number of piperidine rings is 1. The van der Waals surface area contributed by atoms with Crippen LogP contribution in [0.5, 0.6) is 0 Å². The number of amides is 2. The highest BCUT2D eigenvalue weighted by molar-refractivity contribution is 7.15. The topological polar surface area (TPSA) is 62.3 Å². The van der Waals surface area contributed by atoms with Crippen LogP contribution in [0.2, 0.25) is 0 Å². The number of carbonyl (C=O) groups is 2. The van der Waals surface area contributed by atoms with Gasteiger partial charge in [0.15, 0.2) is 5.13 Å². The number of fused-ring (bicyclic) bond motifs is 1. The average molecular weight is 379 g/mol. The second kappa shape index (κ2) is 7.48. The van der Waals surface area contributed by atoms with E-state index in [1.54, 1.807) is 6.20 Å². The second-order valence-electron chi connectivity index (χ2n) is 6.88. The van der Waals surface area contributed by atoms with Crippen molar-refractivity contribution < 1.29 is 9.59 Å². The standard InChI is InChI=1S/C21H21N3O2S/c1-14-12-22-21(27-14)23-19(25)16-8-5-11-24(13-16)20(26)18-10-4-7-15-6-2-3-9-17(15)18/h2-4,6-7,9-10,12,16H,5,8,11,13H2,1H3,(H,22,23,25). The van der Waals surface area contributed by atoms with Crippen molar-refractivity contribution in [2.45, 2.75) is 19.8 Å². The fraction of sp³-hybridized carbons (Fsp3) is 0.286. The molecule has 1 aromatic heterocycles. The molecule has 0 aliphatic carbocycles. The zero-order valence-corrected chi connectivity index (χ0v) is 16.0. The number of aryl methyl sites for hydroxylation is 1. The summed E-state index contributed by atoms with van der Waals surface area (Å²) in [6.07, 6.45) is 3.36. The maximum Gasteiger partial charge on any atom is 0.254 e. The van der Waals surface area contributed by atoms with E-state index in [1.807, 2.05) is 54.3 Å². The Hall–Kier alpha value is -2.73. The Labute approximate surface area is 162 Å². The van der Waals surface area contributed by atoms with Crippen molar-refractivity contribution in [1.82, 2.24) is 9.88 Å². The van der Waals surface area contributed by atoms with Crippen LogP contribution >= 0.6 is 11.3 Å². The minimum atomic E-state index is -0.207. The molecule has 1 unspecified atom stereocenters. The van der Waals surface area contributed by atoms with Gasteiger partial charge in [0, 0.05) is 29.7 Å². The lowest BCUT2D eigenvalue weighted by atomic mass is 9.95. The van der Waals surface area contributed by atoms with Crippen LogP contribution < -0.4 is 5.32 Å². The number of hydrogen-bond acceptors (Lipinski definition) is 4. The molecule has 2 amide bonds. The summed E-state index contributed by atoms with van der Waals surface area (Å²) in [6.45, 7) is 3.08. The largest absolute Gasteiger partial charge is 0.338 e. The molecule has 1 aliphatic rings. The summed E-state index contributed by atoms with van der Waals surface area (Å²) in [7, 11) is 0. The number of nitrogens with zero attached hydrogens (tertiary/aromatic N) is 2. The minimum Gasteiger partial charge on any atom is -0.338 e. The molecule has 1 saturated heterocycles. The van der Waals surface area contributed by atoms with E-state index in [2.05, 4.69) is 10.3 Å². The van der Waals surface area contributed by atoms with Crippen LogP contribution in [-0.4, -0.2) is 34.8 Å². The van der Waals surface area contributed by atoms with Crippen molar-refractivity contribution >= 4 is 39.1 Å². The fourth-order valence-corrected chi connectivity index (χ4v) is 4.25. The van der Waals surface area contributed by atoms with Gasteiger partial charge in [0.05, 0.1) is 5.92 Å². The van der Waals surface area contributed by atoms with Crippen LogP contribution in [0.1, 0.15) is 28.1 Å². The van der Waals surface area contributed by atoms with Crippen LogP contribution in [0.15, 0.2) is 48.7 Å². The highest BCUT2D eigenvalue weighted by atomic mass is 32.1. The lowest BCUT2D eigenvalue weighted by molar-refractivity contribution is -0.121. The second-order valence-corrected chi connectivity index (χ2v) is 8.12. The number of thiazole rings is 1. The molecule has 1 atom stereocenters. The third-order valence-corrected chi connectivity index (χ3v) is 5.78. The monoisotopic (exact) mass is 379 g/mol. The predicted octanol–water partition coefficient (Wildman–Crippen LogP) is 4.10. The molecule has 6 heteroatoms. The molecule has 2 aromatic carbocycles. The molecule has 1 aliphatic heterocycles. The van der Waals surface area contributed by atoms with Crippen LogP contribution in [0.4, 0.5) is 5.13 Å². The summed E-state index contributed by atoms with van der Waals surface area (Å²) >= 11 is 1.46. The van der Waals surface area contributed by atoms with Crippen LogP contribution in [0, 0.1) is 12.8 Å². The van der Waals surface area contributed by atoms with E-state index in [0.717, 1.165) is 28.5 Å². The van der Waals surface area contributed by atoms with Gasteiger partial charge < -0.3 is 10.2 Å². The maximum atomic E-state index is 13.1. The highest BCUT2D eigenvalue weighted by Crippen LogP contribution is 2.25. The van der Waals surface area contributed by atoms with Gasteiger partial charge in [-0.25, -0.2) is 4.98 Å². The maximum absolute atomic E-state index is 13.1. The van der Waals surface area contributed by atoms with Crippen LogP contribution in [0.3, 0.4) is 0 Å². The summed E-state index contributed by atoms with van der Waals surface area (Å²) in [5, 5.41) is 5.52. The SMILES string of the molecule is Cc1cnc(NC(=O)C2CCCN(C(=O)c3cccc4ccccc34)C2)s1. The van der Waals surface area contributed by atoms with E-state index in [1.165, 1.54) is 11.3 Å². The number of anilines is 1. The fourth-order valence-electron chi connectivity index (χ4n) is 3.58. The summed E-state index contributed by atoms with van der Waals surface area (Å²) in [5.41, 5.74) is 0.699. The zero-order chi connectivity index (χ0) is 18.8. The van der Waals surface area contributed by atoms with Gasteiger partial charge in [-0.15, -0.1) is 11.3 Å². The molecule has 1 fully saturated rings. The lowest BCUT2D eigenvalue weighted by Gasteiger charge is -2.32. The molecule has 2 heterocycles. The van der Waals surface area contributed by atoms with E-state index in [0.29, 0.717) is 23.8 Å². The quantitative estimate of drug-likeness (QED) is 0.745. The number of carbonyl (C=O) groups excluding carboxylic acids is 2. The van der Waals surface area contributed by atoms with E-state index in [4.69, 9.17) is 0 Å². The summed E-state index contributed by atoms with van der Waals surface area (Å²) in [5.74, 6) is -0.268. The molecule has 0 spiro atoms. The molecule has 0 saturated carbocycles. The van der Waals surface area contributed by atoms with E-state index >= 15 is 0 Å². The Balaban J connectivity index is 1.50. The van der Waals surface area contributed by atoms with Crippen molar-refractivity contribution in [3.63, 3.8) is 0 Å². The van der Waals surface area contributed by atoms with Gasteiger partial charge in [0.25, 0.3) is 5.91 Å². The zero-order valence-electron chi connectivity index (χ0n) is 15.1. The Morgan fingerprint density at radius 2 is 2.00 bits per heavy atom. The Bertz CT molecular complexity index is 993. The third kappa shape index (κ3) is 3.71. The molecule has 3 aromatic rings. The number of likely N-dealkylation sites (tertiary alicyclic amines) is 1. The average Bonchev–Trinajstić information content (AvgIpc) is 3.11. The number of benzene rings is 2. The first-order valence-corrected chi connectivity index (χ1v) is 9.94. The van der Waals surface area contributed by atoms with Crippen molar-refractivity contribution in [2.24, 2.45) is 5.92 Å². The van der Waals surface area contributed by atoms with Crippen molar-refractivity contribution in [3.8, 4) is 0 Å². The van der Waals surface area contributed by atoms with Crippen LogP contribution in [-0.2, 0) is 4.79 Å². The highest BCUT2D eigenvalue weighted by Gasteiger charge is 2.29. The van der Waals surface area contributed by atoms with Crippen molar-refractivity contribution in [2.75, 3.05) is 18.4 Å². The molecule has 1 N–H and O–H groups in total. The first kappa shape index (κ1) is 17.7. The van der Waals surface area contributed by atoms with Gasteiger partial charge in [-0.05, 0) is 36.6 Å². The molecule has 0 radical (unpaired) electrons. The van der Waals surface area contributed by atoms with Crippen molar-refractivity contribution in [1.29, 1.82) is 0 Å². The summed E-state index contributed by atoms with van der Waals surface area (Å²) < 4.78 is 0. The van der Waals surface area contributed by atoms with Gasteiger partial charge in [0.1, 0.15) is 0 Å². The third-order valence-electron chi connectivity index (χ3n) is 4.95. The number of aromatic nitrogens is 1. The Morgan fingerprint density at radius 1 is 1.19 bits per heavy atom. The summed E-state index contributed by atoms with van der Waals surface area (Å²) in [4.78, 5) is 32.8. The number of nitrogens with one attached hydrogen (secondary N) is 1. The smallest absolute Gasteiger partial charge is 0.254 e. The molecule has 5 nitrogen and oxygen atoms in total. The molecule has 138 valence electrons. The minimum absolute atomic E-state index is 0.00519. The Kier molecular flexibility index (Phi) is 4.90. The first-order valence-electron chi connectivity index (χ1n) is 9.12. The number of hydrogen-bond donors (Lipinski definition) is 1. The van der Waals surface area contributed by atoms with Gasteiger partial charge in [-0.3, -0.25) is 9.59 Å². The van der Waals surface area contributed by atoms with Gasteiger partial charge in [0.2, 0.25) is 5.91 Å². The molecule has 27 heavy (non-hydrogen) atoms. The van der Waals surface area contributed by atoms with E-state index in [9.17, 15) is 9.59 Å². The molecule has 4 rings (SSSR count). The molecule has 0 bridgehead atoms. The first-order chi connectivity index (χ1) is 13.1. The Morgan fingerprint density at radius 3 is 2.81 bits per heavy atom. The normalized spacial score (nSPS) is 17.1. The van der Waals surface area contributed by atoms with Crippen LogP contribution in [0.25, 0.3) is 10.8 Å². The summed E-state index contributed by atoms with van der Waals surface area (Å²) in [6, 6.07) is 13.7. The lowest BCUT2D eigenvalue weighted by Crippen LogP contribution is -2.43. The van der Waals surface area contributed by atoms with Gasteiger partial charge >= 0.3 is 0 Å². The van der Waals surface area contributed by atoms with E-state index < -0.39 is 0 Å². The van der Waals surface area contributed by atoms with Crippen molar-refractivity contribution in [3.05, 3.63) is 59.1 Å². The predicted molar refractivity (Wildman–Crippen MR) is 108 cm³/mol. The number of rotatable bonds is 3. The molecular weight excluding hydrogens is 358 g/mol. The van der Waals surface area contributed by atoms with Gasteiger partial charge in [-0.2, -0.15) is 0 Å².